The van der Waals surface area contributed by atoms with Crippen molar-refractivity contribution in [1.82, 2.24) is 15.5 Å². The monoisotopic (exact) mass is 440 g/mol. The molecule has 1 heterocycles. The van der Waals surface area contributed by atoms with Gasteiger partial charge in [-0.05, 0) is 39.8 Å². The molecule has 2 atom stereocenters. The molecule has 0 aromatic heterocycles. The minimum atomic E-state index is -0.0477. The van der Waals surface area contributed by atoms with Crippen molar-refractivity contribution >= 4 is 29.9 Å². The van der Waals surface area contributed by atoms with Gasteiger partial charge in [0.2, 0.25) is 0 Å². The van der Waals surface area contributed by atoms with Gasteiger partial charge in [-0.1, -0.05) is 26.7 Å². The van der Waals surface area contributed by atoms with Gasteiger partial charge in [-0.15, -0.1) is 24.0 Å². The normalized spacial score (nSPS) is 23.0. The number of guanidine groups is 1. The Balaban J connectivity index is 0.00000484. The van der Waals surface area contributed by atoms with Crippen molar-refractivity contribution in [2.24, 2.45) is 10.9 Å². The van der Waals surface area contributed by atoms with E-state index in [1.54, 1.807) is 0 Å². The number of ether oxygens (including phenoxy) is 1. The van der Waals surface area contributed by atoms with Gasteiger partial charge in [0, 0.05) is 32.8 Å². The van der Waals surface area contributed by atoms with E-state index in [9.17, 15) is 0 Å². The molecule has 0 saturated carbocycles. The molecule has 2 N–H and O–H groups in total. The van der Waals surface area contributed by atoms with Gasteiger partial charge in [0.1, 0.15) is 0 Å². The van der Waals surface area contributed by atoms with E-state index >= 15 is 0 Å². The number of hydrogen-bond acceptors (Lipinski definition) is 3. The number of nitrogens with zero attached hydrogens (tertiary/aromatic N) is 2. The first-order valence-corrected chi connectivity index (χ1v) is 8.70. The summed E-state index contributed by atoms with van der Waals surface area (Å²) in [7, 11) is 6.15. The first-order chi connectivity index (χ1) is 10.5. The zero-order valence-electron chi connectivity index (χ0n) is 15.8. The maximum atomic E-state index is 5.82. The molecule has 6 heteroatoms. The Bertz CT molecular complexity index is 339. The van der Waals surface area contributed by atoms with Gasteiger partial charge in [0.05, 0.1) is 5.60 Å². The molecule has 0 amide bonds. The Morgan fingerprint density at radius 1 is 1.26 bits per heavy atom. The van der Waals surface area contributed by atoms with Gasteiger partial charge in [-0.2, -0.15) is 0 Å². The predicted molar refractivity (Wildman–Crippen MR) is 110 cm³/mol. The number of hydrogen-bond donors (Lipinski definition) is 2. The molecule has 1 rings (SSSR count). The molecule has 1 saturated heterocycles. The van der Waals surface area contributed by atoms with Crippen LogP contribution in [0.5, 0.6) is 0 Å². The molecule has 0 spiro atoms. The average Bonchev–Trinajstić information content (AvgIpc) is 2.93. The van der Waals surface area contributed by atoms with E-state index in [4.69, 9.17) is 4.74 Å². The number of aliphatic imine (C=N–C) groups is 1. The van der Waals surface area contributed by atoms with Crippen LogP contribution in [-0.4, -0.2) is 63.3 Å². The Morgan fingerprint density at radius 3 is 2.35 bits per heavy atom. The molecule has 23 heavy (non-hydrogen) atoms. The predicted octanol–water partition coefficient (Wildman–Crippen LogP) is 2.70. The summed E-state index contributed by atoms with van der Waals surface area (Å²) < 4.78 is 5.82. The second-order valence-corrected chi connectivity index (χ2v) is 6.82. The fourth-order valence-corrected chi connectivity index (χ4v) is 3.27. The Kier molecular flexibility index (Phi) is 11.4. The van der Waals surface area contributed by atoms with E-state index in [0.29, 0.717) is 12.0 Å². The molecule has 138 valence electrons. The fraction of sp³-hybridized carbons (Fsp3) is 0.941. The molecule has 1 aliphatic rings. The third kappa shape index (κ3) is 7.56. The highest BCUT2D eigenvalue weighted by molar-refractivity contribution is 14.0. The lowest BCUT2D eigenvalue weighted by Crippen LogP contribution is -2.50. The van der Waals surface area contributed by atoms with Crippen molar-refractivity contribution in [2.75, 3.05) is 40.8 Å². The lowest BCUT2D eigenvalue weighted by molar-refractivity contribution is 0.0242. The lowest BCUT2D eigenvalue weighted by Gasteiger charge is -2.32. The summed E-state index contributed by atoms with van der Waals surface area (Å²) in [5, 5.41) is 6.90. The van der Waals surface area contributed by atoms with Crippen LogP contribution in [-0.2, 0) is 4.74 Å². The summed E-state index contributed by atoms with van der Waals surface area (Å²) in [5.74, 6) is 1.57. The van der Waals surface area contributed by atoms with Crippen molar-refractivity contribution in [3.63, 3.8) is 0 Å². The Morgan fingerprint density at radius 2 is 1.91 bits per heavy atom. The molecule has 2 unspecified atom stereocenters. The van der Waals surface area contributed by atoms with Gasteiger partial charge < -0.3 is 20.3 Å². The van der Waals surface area contributed by atoms with Crippen LogP contribution in [0.1, 0.15) is 46.5 Å². The first-order valence-electron chi connectivity index (χ1n) is 8.70. The van der Waals surface area contributed by atoms with E-state index in [-0.39, 0.29) is 29.6 Å². The van der Waals surface area contributed by atoms with Crippen LogP contribution in [0.25, 0.3) is 0 Å². The summed E-state index contributed by atoms with van der Waals surface area (Å²) in [6.07, 6.45) is 4.69. The van der Waals surface area contributed by atoms with Crippen LogP contribution < -0.4 is 10.6 Å². The molecule has 1 fully saturated rings. The maximum absolute atomic E-state index is 5.82. The second-order valence-electron chi connectivity index (χ2n) is 6.82. The van der Waals surface area contributed by atoms with Gasteiger partial charge in [0.15, 0.2) is 5.96 Å². The third-order valence-electron chi connectivity index (χ3n) is 4.89. The van der Waals surface area contributed by atoms with Crippen LogP contribution in [0.3, 0.4) is 0 Å². The highest BCUT2D eigenvalue weighted by atomic mass is 127. The van der Waals surface area contributed by atoms with E-state index < -0.39 is 0 Å². The standard InChI is InChI=1S/C17H36N4O.HI/c1-7-14(8-2)15(21(5)6)12-19-16(18-4)20-13-17(3)10-9-11-22-17;/h14-15H,7-13H2,1-6H3,(H2,18,19,20);1H. The van der Waals surface area contributed by atoms with Crippen LogP contribution in [0.15, 0.2) is 4.99 Å². The SMILES string of the molecule is CCC(CC)C(CNC(=NC)NCC1(C)CCCO1)N(C)C.I. The minimum Gasteiger partial charge on any atom is -0.373 e. The number of likely N-dealkylation sites (N-methyl/N-ethyl adjacent to an activating group) is 1. The lowest BCUT2D eigenvalue weighted by atomic mass is 9.93. The van der Waals surface area contributed by atoms with E-state index in [1.165, 1.54) is 12.8 Å². The topological polar surface area (TPSA) is 48.9 Å². The van der Waals surface area contributed by atoms with Crippen molar-refractivity contribution in [3.05, 3.63) is 0 Å². The summed E-state index contributed by atoms with van der Waals surface area (Å²) in [5.41, 5.74) is -0.0477. The number of nitrogens with one attached hydrogen (secondary N) is 2. The summed E-state index contributed by atoms with van der Waals surface area (Å²) in [4.78, 5) is 6.66. The quantitative estimate of drug-likeness (QED) is 0.346. The van der Waals surface area contributed by atoms with Crippen molar-refractivity contribution in [1.29, 1.82) is 0 Å². The smallest absolute Gasteiger partial charge is 0.191 e. The van der Waals surface area contributed by atoms with Crippen LogP contribution in [0, 0.1) is 5.92 Å². The van der Waals surface area contributed by atoms with Crippen molar-refractivity contribution in [2.45, 2.75) is 58.1 Å². The first kappa shape index (κ1) is 22.9. The minimum absolute atomic E-state index is 0. The Labute approximate surface area is 160 Å². The zero-order chi connectivity index (χ0) is 16.6. The maximum Gasteiger partial charge on any atom is 0.191 e. The molecule has 0 radical (unpaired) electrons. The van der Waals surface area contributed by atoms with Gasteiger partial charge in [0.25, 0.3) is 0 Å². The van der Waals surface area contributed by atoms with E-state index in [0.717, 1.165) is 38.5 Å². The number of halogens is 1. The van der Waals surface area contributed by atoms with E-state index in [1.807, 2.05) is 7.05 Å². The molecule has 0 aromatic carbocycles. The zero-order valence-corrected chi connectivity index (χ0v) is 18.1. The van der Waals surface area contributed by atoms with Gasteiger partial charge in [-0.25, -0.2) is 0 Å². The largest absolute Gasteiger partial charge is 0.373 e. The van der Waals surface area contributed by atoms with Crippen LogP contribution in [0.2, 0.25) is 0 Å². The highest BCUT2D eigenvalue weighted by Gasteiger charge is 2.29. The summed E-state index contributed by atoms with van der Waals surface area (Å²) >= 11 is 0. The summed E-state index contributed by atoms with van der Waals surface area (Å²) in [6.45, 7) is 9.32. The summed E-state index contributed by atoms with van der Waals surface area (Å²) in [6, 6.07) is 0.520. The molecule has 0 aromatic rings. The van der Waals surface area contributed by atoms with Crippen LogP contribution in [0.4, 0.5) is 0 Å². The van der Waals surface area contributed by atoms with Crippen molar-refractivity contribution < 1.29 is 4.74 Å². The number of rotatable bonds is 8. The molecule has 0 aliphatic carbocycles. The highest BCUT2D eigenvalue weighted by Crippen LogP contribution is 2.23. The van der Waals surface area contributed by atoms with Gasteiger partial charge >= 0.3 is 0 Å². The van der Waals surface area contributed by atoms with Gasteiger partial charge in [-0.3, -0.25) is 4.99 Å². The second kappa shape index (κ2) is 11.5. The fourth-order valence-electron chi connectivity index (χ4n) is 3.27. The molecule has 1 aliphatic heterocycles. The van der Waals surface area contributed by atoms with E-state index in [2.05, 4.69) is 55.4 Å². The Hall–Kier alpha value is -0.0800. The molecule has 5 nitrogen and oxygen atoms in total. The van der Waals surface area contributed by atoms with Crippen molar-refractivity contribution in [3.8, 4) is 0 Å². The molecular weight excluding hydrogens is 403 g/mol. The molecule has 0 bridgehead atoms. The third-order valence-corrected chi connectivity index (χ3v) is 4.89. The average molecular weight is 440 g/mol. The molecular formula is C17H37IN4O. The van der Waals surface area contributed by atoms with Crippen LogP contribution >= 0.6 is 24.0 Å².